The summed E-state index contributed by atoms with van der Waals surface area (Å²) in [6.07, 6.45) is 6.84. The Hall–Kier alpha value is -0.780. The molecule has 1 radical (unpaired) electrons. The SMILES string of the molecule is CC(C)c1cccc(C(C)C)c1[C]1CCCCC1. The molecule has 1 aromatic carbocycles. The molecule has 0 spiro atoms. The van der Waals surface area contributed by atoms with E-state index in [1.54, 1.807) is 22.6 Å². The van der Waals surface area contributed by atoms with Crippen LogP contribution in [0, 0.1) is 5.92 Å². The van der Waals surface area contributed by atoms with Gasteiger partial charge in [-0.3, -0.25) is 0 Å². The van der Waals surface area contributed by atoms with Crippen LogP contribution in [0.4, 0.5) is 0 Å². The van der Waals surface area contributed by atoms with Gasteiger partial charge in [0.1, 0.15) is 0 Å². The fourth-order valence-corrected chi connectivity index (χ4v) is 3.19. The molecular weight excluding hydrogens is 216 g/mol. The van der Waals surface area contributed by atoms with E-state index in [9.17, 15) is 0 Å². The summed E-state index contributed by atoms with van der Waals surface area (Å²) < 4.78 is 0. The molecule has 1 aliphatic carbocycles. The van der Waals surface area contributed by atoms with Gasteiger partial charge in [-0.05, 0) is 41.4 Å². The van der Waals surface area contributed by atoms with Gasteiger partial charge in [0.15, 0.2) is 0 Å². The highest BCUT2D eigenvalue weighted by Crippen LogP contribution is 2.39. The van der Waals surface area contributed by atoms with Gasteiger partial charge in [0.2, 0.25) is 0 Å². The minimum absolute atomic E-state index is 0.633. The van der Waals surface area contributed by atoms with Crippen molar-refractivity contribution >= 4 is 0 Å². The molecule has 0 amide bonds. The van der Waals surface area contributed by atoms with Crippen LogP contribution < -0.4 is 0 Å². The van der Waals surface area contributed by atoms with Crippen LogP contribution >= 0.6 is 0 Å². The molecule has 0 unspecified atom stereocenters. The molecule has 99 valence electrons. The van der Waals surface area contributed by atoms with E-state index in [-0.39, 0.29) is 0 Å². The average molecular weight is 243 g/mol. The zero-order valence-electron chi connectivity index (χ0n) is 12.4. The molecule has 0 aliphatic heterocycles. The van der Waals surface area contributed by atoms with Gasteiger partial charge in [0.05, 0.1) is 0 Å². The molecule has 0 bridgehead atoms. The second kappa shape index (κ2) is 5.91. The molecule has 0 atom stereocenters. The van der Waals surface area contributed by atoms with Crippen LogP contribution in [-0.2, 0) is 0 Å². The lowest BCUT2D eigenvalue weighted by molar-refractivity contribution is 0.545. The van der Waals surface area contributed by atoms with E-state index in [4.69, 9.17) is 0 Å². The first-order chi connectivity index (χ1) is 8.61. The molecule has 1 aliphatic rings. The predicted molar refractivity (Wildman–Crippen MR) is 80.1 cm³/mol. The van der Waals surface area contributed by atoms with Gasteiger partial charge in [-0.25, -0.2) is 0 Å². The normalized spacial score (nSPS) is 17.7. The molecule has 1 aromatic rings. The lowest BCUT2D eigenvalue weighted by Gasteiger charge is -2.29. The third-order valence-corrected chi connectivity index (χ3v) is 4.18. The Balaban J connectivity index is 2.45. The largest absolute Gasteiger partial charge is 0.0617 e. The first kappa shape index (κ1) is 13.6. The van der Waals surface area contributed by atoms with Crippen LogP contribution in [0.2, 0.25) is 0 Å². The summed E-state index contributed by atoms with van der Waals surface area (Å²) in [6.45, 7) is 9.30. The summed E-state index contributed by atoms with van der Waals surface area (Å²) in [6, 6.07) is 6.93. The molecule has 1 saturated carbocycles. The minimum atomic E-state index is 0.633. The van der Waals surface area contributed by atoms with Gasteiger partial charge in [-0.2, -0.15) is 0 Å². The molecule has 0 nitrogen and oxygen atoms in total. The van der Waals surface area contributed by atoms with E-state index in [1.807, 2.05) is 0 Å². The first-order valence-corrected chi connectivity index (χ1v) is 7.59. The van der Waals surface area contributed by atoms with Crippen molar-refractivity contribution in [2.24, 2.45) is 0 Å². The van der Waals surface area contributed by atoms with Gasteiger partial charge < -0.3 is 0 Å². The van der Waals surface area contributed by atoms with Crippen molar-refractivity contribution in [3.8, 4) is 0 Å². The fourth-order valence-electron chi connectivity index (χ4n) is 3.19. The van der Waals surface area contributed by atoms with Crippen LogP contribution in [-0.4, -0.2) is 0 Å². The molecule has 0 N–H and O–H groups in total. The zero-order chi connectivity index (χ0) is 13.1. The molecule has 0 heterocycles. The van der Waals surface area contributed by atoms with Gasteiger partial charge in [-0.1, -0.05) is 65.2 Å². The van der Waals surface area contributed by atoms with Crippen molar-refractivity contribution in [2.45, 2.75) is 71.6 Å². The molecule has 0 saturated heterocycles. The monoisotopic (exact) mass is 243 g/mol. The number of hydrogen-bond donors (Lipinski definition) is 0. The molecule has 0 aromatic heterocycles. The molecule has 18 heavy (non-hydrogen) atoms. The third-order valence-electron chi connectivity index (χ3n) is 4.18. The summed E-state index contributed by atoms with van der Waals surface area (Å²) in [7, 11) is 0. The Morgan fingerprint density at radius 2 is 1.28 bits per heavy atom. The Bertz CT molecular complexity index is 355. The number of benzene rings is 1. The predicted octanol–water partition coefficient (Wildman–Crippen LogP) is 5.82. The molecule has 0 heteroatoms. The van der Waals surface area contributed by atoms with Crippen LogP contribution in [0.1, 0.15) is 88.3 Å². The van der Waals surface area contributed by atoms with Gasteiger partial charge in [-0.15, -0.1) is 0 Å². The minimum Gasteiger partial charge on any atom is -0.0617 e. The maximum Gasteiger partial charge on any atom is 0.00556 e. The van der Waals surface area contributed by atoms with E-state index >= 15 is 0 Å². The van der Waals surface area contributed by atoms with Crippen molar-refractivity contribution in [1.82, 2.24) is 0 Å². The average Bonchev–Trinajstić information content (AvgIpc) is 2.38. The van der Waals surface area contributed by atoms with Gasteiger partial charge >= 0.3 is 0 Å². The van der Waals surface area contributed by atoms with Crippen LogP contribution in [0.25, 0.3) is 0 Å². The summed E-state index contributed by atoms with van der Waals surface area (Å²) in [5, 5.41) is 0. The summed E-state index contributed by atoms with van der Waals surface area (Å²) in [5.41, 5.74) is 4.76. The van der Waals surface area contributed by atoms with Crippen molar-refractivity contribution < 1.29 is 0 Å². The van der Waals surface area contributed by atoms with Gasteiger partial charge in [0, 0.05) is 5.92 Å². The Morgan fingerprint density at radius 1 is 0.778 bits per heavy atom. The Morgan fingerprint density at radius 3 is 1.72 bits per heavy atom. The zero-order valence-corrected chi connectivity index (χ0v) is 12.4. The molecular formula is C18H27. The summed E-state index contributed by atoms with van der Waals surface area (Å²) in [4.78, 5) is 0. The summed E-state index contributed by atoms with van der Waals surface area (Å²) >= 11 is 0. The Kier molecular flexibility index (Phi) is 4.48. The topological polar surface area (TPSA) is 0 Å². The van der Waals surface area contributed by atoms with Gasteiger partial charge in [0.25, 0.3) is 0 Å². The van der Waals surface area contributed by atoms with Crippen molar-refractivity contribution in [1.29, 1.82) is 0 Å². The maximum atomic E-state index is 2.34. The van der Waals surface area contributed by atoms with Crippen molar-refractivity contribution in [3.63, 3.8) is 0 Å². The van der Waals surface area contributed by atoms with E-state index in [1.165, 1.54) is 32.1 Å². The number of hydrogen-bond acceptors (Lipinski definition) is 0. The molecule has 2 rings (SSSR count). The lowest BCUT2D eigenvalue weighted by atomic mass is 9.76. The van der Waals surface area contributed by atoms with Crippen molar-refractivity contribution in [3.05, 3.63) is 40.8 Å². The van der Waals surface area contributed by atoms with Crippen molar-refractivity contribution in [2.75, 3.05) is 0 Å². The highest BCUT2D eigenvalue weighted by atomic mass is 14.3. The van der Waals surface area contributed by atoms with E-state index in [2.05, 4.69) is 45.9 Å². The quantitative estimate of drug-likeness (QED) is 0.627. The Labute approximate surface area is 113 Å². The smallest absolute Gasteiger partial charge is 0.00556 e. The highest BCUT2D eigenvalue weighted by Gasteiger charge is 2.23. The lowest BCUT2D eigenvalue weighted by Crippen LogP contribution is -2.12. The second-order valence-electron chi connectivity index (χ2n) is 6.29. The third kappa shape index (κ3) is 2.79. The summed E-state index contributed by atoms with van der Waals surface area (Å²) in [5.74, 6) is 3.00. The van der Waals surface area contributed by atoms with E-state index in [0.29, 0.717) is 11.8 Å². The first-order valence-electron chi connectivity index (χ1n) is 7.59. The van der Waals surface area contributed by atoms with Crippen LogP contribution in [0.5, 0.6) is 0 Å². The second-order valence-corrected chi connectivity index (χ2v) is 6.29. The highest BCUT2D eigenvalue weighted by molar-refractivity contribution is 5.48. The van der Waals surface area contributed by atoms with E-state index < -0.39 is 0 Å². The van der Waals surface area contributed by atoms with Crippen LogP contribution in [0.3, 0.4) is 0 Å². The standard InChI is InChI=1S/C18H27/c1-13(2)16-11-8-12-17(14(3)4)18(16)15-9-6-5-7-10-15/h8,11-14H,5-7,9-10H2,1-4H3. The molecule has 1 fully saturated rings. The van der Waals surface area contributed by atoms with E-state index in [0.717, 1.165) is 0 Å². The van der Waals surface area contributed by atoms with Crippen LogP contribution in [0.15, 0.2) is 18.2 Å². The number of rotatable bonds is 3. The maximum absolute atomic E-state index is 2.34. The fraction of sp³-hybridized carbons (Fsp3) is 0.611.